The van der Waals surface area contributed by atoms with Gasteiger partial charge in [-0.05, 0) is 0 Å². The van der Waals surface area contributed by atoms with Crippen molar-refractivity contribution in [3.63, 3.8) is 0 Å². The fraction of sp³-hybridized carbons (Fsp3) is 0.500. The predicted molar refractivity (Wildman–Crippen MR) is 27.8 cm³/mol. The quantitative estimate of drug-likeness (QED) is 0.447. The van der Waals surface area contributed by atoms with Crippen LogP contribution in [-0.2, 0) is 9.59 Å². The molecule has 0 aromatic rings. The van der Waals surface area contributed by atoms with E-state index >= 15 is 0 Å². The third kappa shape index (κ3) is 6.62. The first-order valence-electron chi connectivity index (χ1n) is 2.24. The van der Waals surface area contributed by atoms with Crippen LogP contribution in [0.4, 0.5) is 0 Å². The summed E-state index contributed by atoms with van der Waals surface area (Å²) < 4.78 is 0. The first-order chi connectivity index (χ1) is 4.46. The van der Waals surface area contributed by atoms with E-state index in [0.717, 1.165) is 0 Å². The second-order valence-corrected chi connectivity index (χ2v) is 1.53. The zero-order valence-electron chi connectivity index (χ0n) is 6.39. The SMILES string of the molecule is O=C([O-])C(O)C(O)C(=O)[O-].[Ca+2].[Na+]. The van der Waals surface area contributed by atoms with E-state index in [1.54, 1.807) is 0 Å². The molecule has 2 N–H and O–H groups in total. The van der Waals surface area contributed by atoms with Gasteiger partial charge in [0.1, 0.15) is 12.2 Å². The van der Waals surface area contributed by atoms with E-state index in [4.69, 9.17) is 10.2 Å². The summed E-state index contributed by atoms with van der Waals surface area (Å²) in [6, 6.07) is 0. The van der Waals surface area contributed by atoms with E-state index in [0.29, 0.717) is 0 Å². The third-order valence-corrected chi connectivity index (χ3v) is 0.782. The molecular formula is C4H4CaNaO6+. The maximum atomic E-state index is 9.63. The van der Waals surface area contributed by atoms with Crippen LogP contribution in [0.3, 0.4) is 0 Å². The number of hydrogen-bond acceptors (Lipinski definition) is 6. The summed E-state index contributed by atoms with van der Waals surface area (Å²) in [7, 11) is 0. The molecule has 0 fully saturated rings. The van der Waals surface area contributed by atoms with E-state index in [1.807, 2.05) is 0 Å². The Morgan fingerprint density at radius 3 is 1.25 bits per heavy atom. The van der Waals surface area contributed by atoms with Crippen molar-refractivity contribution in [3.8, 4) is 0 Å². The molecule has 6 nitrogen and oxygen atoms in total. The van der Waals surface area contributed by atoms with Gasteiger partial charge in [0, 0.05) is 0 Å². The van der Waals surface area contributed by atoms with Gasteiger partial charge < -0.3 is 30.0 Å². The molecule has 0 saturated carbocycles. The van der Waals surface area contributed by atoms with Gasteiger partial charge >= 0.3 is 67.3 Å². The van der Waals surface area contributed by atoms with Crippen LogP contribution in [0.5, 0.6) is 0 Å². The minimum absolute atomic E-state index is 0. The molecule has 0 aliphatic heterocycles. The number of carboxylic acid groups (broad SMARTS) is 2. The molecule has 58 valence electrons. The van der Waals surface area contributed by atoms with Gasteiger partial charge in [-0.15, -0.1) is 0 Å². The normalized spacial score (nSPS) is 13.2. The number of carboxylic acids is 2. The summed E-state index contributed by atoms with van der Waals surface area (Å²) in [6.07, 6.45) is -4.88. The van der Waals surface area contributed by atoms with Crippen LogP contribution >= 0.6 is 0 Å². The van der Waals surface area contributed by atoms with Crippen molar-refractivity contribution < 1.29 is 59.6 Å². The Bertz CT molecular complexity index is 144. The Morgan fingerprint density at radius 1 is 1.00 bits per heavy atom. The van der Waals surface area contributed by atoms with Gasteiger partial charge in [0.05, 0.1) is 11.9 Å². The number of aliphatic hydroxyl groups excluding tert-OH is 2. The molecule has 0 amide bonds. The van der Waals surface area contributed by atoms with Crippen LogP contribution in [0.2, 0.25) is 0 Å². The van der Waals surface area contributed by atoms with Gasteiger partial charge in [-0.2, -0.15) is 0 Å². The Morgan fingerprint density at radius 2 is 1.17 bits per heavy atom. The monoisotopic (exact) mass is 211 g/mol. The standard InChI is InChI=1S/C4H6O6.Ca.Na/c5-1(3(7)8)2(6)4(9)10;;/h1-2,5-6H,(H,7,8)(H,9,10);;/q;+2;+1/p-2. The Kier molecular flexibility index (Phi) is 13.7. The van der Waals surface area contributed by atoms with Crippen molar-refractivity contribution in [2.75, 3.05) is 0 Å². The molecule has 2 atom stereocenters. The predicted octanol–water partition coefficient (Wildman–Crippen LogP) is -8.17. The third-order valence-electron chi connectivity index (χ3n) is 0.782. The van der Waals surface area contributed by atoms with Gasteiger partial charge in [0.2, 0.25) is 0 Å². The van der Waals surface area contributed by atoms with Crippen LogP contribution in [0.25, 0.3) is 0 Å². The van der Waals surface area contributed by atoms with Crippen LogP contribution in [0.15, 0.2) is 0 Å². The van der Waals surface area contributed by atoms with Crippen LogP contribution < -0.4 is 39.8 Å². The molecule has 0 spiro atoms. The molecule has 2 unspecified atom stereocenters. The van der Waals surface area contributed by atoms with Crippen LogP contribution in [0.1, 0.15) is 0 Å². The average Bonchev–Trinajstić information content (AvgIpc) is 1.84. The zero-order chi connectivity index (χ0) is 8.31. The topological polar surface area (TPSA) is 121 Å². The van der Waals surface area contributed by atoms with Crippen molar-refractivity contribution in [2.24, 2.45) is 0 Å². The molecule has 0 aliphatic rings. The van der Waals surface area contributed by atoms with E-state index in [9.17, 15) is 19.8 Å². The molecule has 0 rings (SSSR count). The second-order valence-electron chi connectivity index (χ2n) is 1.53. The molecule has 0 aliphatic carbocycles. The fourth-order valence-corrected chi connectivity index (χ4v) is 0.258. The van der Waals surface area contributed by atoms with Gasteiger partial charge in [0.15, 0.2) is 0 Å². The molecule has 0 aromatic carbocycles. The van der Waals surface area contributed by atoms with Crippen molar-refractivity contribution >= 4 is 49.7 Å². The average molecular weight is 211 g/mol. The summed E-state index contributed by atoms with van der Waals surface area (Å²) in [5.41, 5.74) is 0. The molecule has 0 bridgehead atoms. The fourth-order valence-electron chi connectivity index (χ4n) is 0.258. The summed E-state index contributed by atoms with van der Waals surface area (Å²) in [5, 5.41) is 35.7. The van der Waals surface area contributed by atoms with Crippen LogP contribution in [0, 0.1) is 0 Å². The van der Waals surface area contributed by atoms with Gasteiger partial charge in [-0.25, -0.2) is 0 Å². The van der Waals surface area contributed by atoms with E-state index in [2.05, 4.69) is 0 Å². The molecule has 0 radical (unpaired) electrons. The first-order valence-corrected chi connectivity index (χ1v) is 2.24. The number of hydrogen-bond donors (Lipinski definition) is 2. The number of carbonyl (C=O) groups is 2. The minimum atomic E-state index is -2.44. The molecule has 0 saturated heterocycles. The van der Waals surface area contributed by atoms with Crippen molar-refractivity contribution in [1.82, 2.24) is 0 Å². The van der Waals surface area contributed by atoms with Gasteiger partial charge in [-0.1, -0.05) is 0 Å². The number of aliphatic hydroxyl groups is 2. The summed E-state index contributed by atoms with van der Waals surface area (Å²) in [6.45, 7) is 0. The Hall–Kier alpha value is 1.12. The summed E-state index contributed by atoms with van der Waals surface area (Å²) in [5.74, 6) is -4.12. The number of rotatable bonds is 3. The number of carbonyl (C=O) groups excluding carboxylic acids is 2. The molecular weight excluding hydrogens is 207 g/mol. The molecule has 0 heterocycles. The Balaban J connectivity index is -0.000000405. The minimum Gasteiger partial charge on any atom is -0.547 e. The number of aliphatic carboxylic acids is 2. The largest absolute Gasteiger partial charge is 2.00 e. The van der Waals surface area contributed by atoms with Crippen molar-refractivity contribution in [2.45, 2.75) is 12.2 Å². The molecule has 0 aromatic heterocycles. The van der Waals surface area contributed by atoms with Crippen molar-refractivity contribution in [3.05, 3.63) is 0 Å². The molecule has 8 heteroatoms. The van der Waals surface area contributed by atoms with Crippen LogP contribution in [-0.4, -0.2) is 72.1 Å². The smallest absolute Gasteiger partial charge is 0.547 e. The van der Waals surface area contributed by atoms with Gasteiger partial charge in [0.25, 0.3) is 0 Å². The summed E-state index contributed by atoms with van der Waals surface area (Å²) in [4.78, 5) is 19.3. The first kappa shape index (κ1) is 18.8. The van der Waals surface area contributed by atoms with E-state index in [-0.39, 0.29) is 67.3 Å². The van der Waals surface area contributed by atoms with Gasteiger partial charge in [-0.3, -0.25) is 0 Å². The molecule has 12 heavy (non-hydrogen) atoms. The second kappa shape index (κ2) is 8.71. The Labute approximate surface area is 120 Å². The van der Waals surface area contributed by atoms with Crippen molar-refractivity contribution in [1.29, 1.82) is 0 Å². The van der Waals surface area contributed by atoms with E-state index in [1.165, 1.54) is 0 Å². The van der Waals surface area contributed by atoms with E-state index < -0.39 is 24.1 Å². The summed E-state index contributed by atoms with van der Waals surface area (Å²) >= 11 is 0. The maximum Gasteiger partial charge on any atom is 2.00 e. The zero-order valence-corrected chi connectivity index (χ0v) is 10.6. The maximum absolute atomic E-state index is 9.63.